The van der Waals surface area contributed by atoms with Crippen LogP contribution in [0.1, 0.15) is 26.7 Å². The molecule has 0 aromatic heterocycles. The smallest absolute Gasteiger partial charge is 0.138 e. The fraction of sp³-hybridized carbons (Fsp3) is 0.529. The quantitative estimate of drug-likeness (QED) is 0.790. The number of anilines is 1. The molecule has 1 aromatic carbocycles. The molecule has 2 aliphatic rings. The van der Waals surface area contributed by atoms with Crippen LogP contribution in [0.25, 0.3) is 0 Å². The Balaban J connectivity index is 1.65. The molecule has 2 aliphatic carbocycles. The lowest BCUT2D eigenvalue weighted by atomic mass is 9.87. The zero-order valence-electron chi connectivity index (χ0n) is 12.1. The lowest BCUT2D eigenvalue weighted by Crippen LogP contribution is -2.28. The lowest BCUT2D eigenvalue weighted by Gasteiger charge is -2.27. The molecule has 0 amide bonds. The number of ether oxygens (including phenoxy) is 1. The Morgan fingerprint density at radius 3 is 2.80 bits per heavy atom. The summed E-state index contributed by atoms with van der Waals surface area (Å²) in [5, 5.41) is 4.28. The highest BCUT2D eigenvalue weighted by molar-refractivity contribution is 6.32. The standard InChI is InChI=1S/C17H22ClNO/c1-3-20-17-7-6-14(10-16(17)18)19-11(2)15-9-12-4-5-13(15)8-12/h4-7,10-13,15,19H,3,8-9H2,1-2H3. The molecule has 1 aromatic rings. The van der Waals surface area contributed by atoms with E-state index in [-0.39, 0.29) is 0 Å². The number of nitrogens with one attached hydrogen (secondary N) is 1. The van der Waals surface area contributed by atoms with Gasteiger partial charge in [-0.05, 0) is 62.6 Å². The number of hydrogen-bond donors (Lipinski definition) is 1. The van der Waals surface area contributed by atoms with E-state index in [1.165, 1.54) is 12.8 Å². The molecule has 0 spiro atoms. The van der Waals surface area contributed by atoms with E-state index in [1.807, 2.05) is 19.1 Å². The third-order valence-electron chi connectivity index (χ3n) is 4.60. The van der Waals surface area contributed by atoms with Gasteiger partial charge in [-0.15, -0.1) is 0 Å². The number of halogens is 1. The van der Waals surface area contributed by atoms with E-state index in [9.17, 15) is 0 Å². The molecule has 3 rings (SSSR count). The maximum absolute atomic E-state index is 6.24. The zero-order chi connectivity index (χ0) is 14.1. The molecule has 1 fully saturated rings. The fourth-order valence-corrected chi connectivity index (χ4v) is 3.87. The van der Waals surface area contributed by atoms with Crippen LogP contribution in [0.2, 0.25) is 5.02 Å². The van der Waals surface area contributed by atoms with E-state index in [4.69, 9.17) is 16.3 Å². The molecule has 0 aliphatic heterocycles. The van der Waals surface area contributed by atoms with Crippen LogP contribution in [-0.2, 0) is 0 Å². The number of fused-ring (bicyclic) bond motifs is 2. The van der Waals surface area contributed by atoms with Gasteiger partial charge in [0.2, 0.25) is 0 Å². The highest BCUT2D eigenvalue weighted by atomic mass is 35.5. The third-order valence-corrected chi connectivity index (χ3v) is 4.89. The molecule has 3 heteroatoms. The number of allylic oxidation sites excluding steroid dienone is 2. The van der Waals surface area contributed by atoms with Crippen LogP contribution in [0.15, 0.2) is 30.4 Å². The molecular formula is C17H22ClNO. The van der Waals surface area contributed by atoms with Crippen LogP contribution in [0.3, 0.4) is 0 Å². The topological polar surface area (TPSA) is 21.3 Å². The highest BCUT2D eigenvalue weighted by Crippen LogP contribution is 2.45. The summed E-state index contributed by atoms with van der Waals surface area (Å²) in [6, 6.07) is 6.44. The SMILES string of the molecule is CCOc1ccc(NC(C)C2CC3C=CC2C3)cc1Cl. The van der Waals surface area contributed by atoms with Crippen LogP contribution in [0.5, 0.6) is 5.75 Å². The molecule has 2 nitrogen and oxygen atoms in total. The van der Waals surface area contributed by atoms with Crippen molar-refractivity contribution in [3.05, 3.63) is 35.4 Å². The van der Waals surface area contributed by atoms with Gasteiger partial charge in [-0.2, -0.15) is 0 Å². The maximum atomic E-state index is 6.24. The summed E-state index contributed by atoms with van der Waals surface area (Å²) >= 11 is 6.24. The van der Waals surface area contributed by atoms with E-state index in [1.54, 1.807) is 0 Å². The monoisotopic (exact) mass is 291 g/mol. The predicted molar refractivity (Wildman–Crippen MR) is 84.5 cm³/mol. The second-order valence-electron chi connectivity index (χ2n) is 5.96. The second-order valence-corrected chi connectivity index (χ2v) is 6.36. The van der Waals surface area contributed by atoms with Gasteiger partial charge in [0.25, 0.3) is 0 Å². The molecule has 1 N–H and O–H groups in total. The molecule has 0 radical (unpaired) electrons. The summed E-state index contributed by atoms with van der Waals surface area (Å²) in [5.74, 6) is 3.09. The van der Waals surface area contributed by atoms with Crippen molar-refractivity contribution in [3.8, 4) is 5.75 Å². The maximum Gasteiger partial charge on any atom is 0.138 e. The molecule has 108 valence electrons. The molecule has 20 heavy (non-hydrogen) atoms. The minimum atomic E-state index is 0.476. The average molecular weight is 292 g/mol. The first-order chi connectivity index (χ1) is 9.67. The first-order valence-electron chi connectivity index (χ1n) is 7.54. The Bertz CT molecular complexity index is 514. The minimum absolute atomic E-state index is 0.476. The van der Waals surface area contributed by atoms with Crippen molar-refractivity contribution in [2.45, 2.75) is 32.7 Å². The third kappa shape index (κ3) is 2.67. The number of benzene rings is 1. The average Bonchev–Trinajstić information content (AvgIpc) is 3.04. The van der Waals surface area contributed by atoms with E-state index >= 15 is 0 Å². The van der Waals surface area contributed by atoms with Crippen LogP contribution in [-0.4, -0.2) is 12.6 Å². The van der Waals surface area contributed by atoms with E-state index in [2.05, 4.69) is 30.5 Å². The Morgan fingerprint density at radius 2 is 2.20 bits per heavy atom. The van der Waals surface area contributed by atoms with Gasteiger partial charge in [-0.3, -0.25) is 0 Å². The molecule has 4 atom stereocenters. The Morgan fingerprint density at radius 1 is 1.35 bits per heavy atom. The second kappa shape index (κ2) is 5.69. The summed E-state index contributed by atoms with van der Waals surface area (Å²) in [5.41, 5.74) is 1.08. The van der Waals surface area contributed by atoms with Gasteiger partial charge in [0, 0.05) is 11.7 Å². The largest absolute Gasteiger partial charge is 0.492 e. The Hall–Kier alpha value is -1.15. The van der Waals surface area contributed by atoms with E-state index in [0.29, 0.717) is 17.7 Å². The molecular weight excluding hydrogens is 270 g/mol. The first kappa shape index (κ1) is 13.8. The first-order valence-corrected chi connectivity index (χ1v) is 7.92. The van der Waals surface area contributed by atoms with Crippen molar-refractivity contribution in [3.63, 3.8) is 0 Å². The van der Waals surface area contributed by atoms with Gasteiger partial charge < -0.3 is 10.1 Å². The minimum Gasteiger partial charge on any atom is -0.492 e. The van der Waals surface area contributed by atoms with E-state index < -0.39 is 0 Å². The van der Waals surface area contributed by atoms with Gasteiger partial charge in [0.1, 0.15) is 5.75 Å². The Kier molecular flexibility index (Phi) is 3.93. The van der Waals surface area contributed by atoms with Crippen LogP contribution in [0.4, 0.5) is 5.69 Å². The molecule has 2 bridgehead atoms. The summed E-state index contributed by atoms with van der Waals surface area (Å²) in [6.07, 6.45) is 7.46. The van der Waals surface area contributed by atoms with Gasteiger partial charge in [0.15, 0.2) is 0 Å². The summed E-state index contributed by atoms with van der Waals surface area (Å²) < 4.78 is 5.47. The van der Waals surface area contributed by atoms with Crippen LogP contribution >= 0.6 is 11.6 Å². The number of rotatable bonds is 5. The summed E-state index contributed by atoms with van der Waals surface area (Å²) in [4.78, 5) is 0. The van der Waals surface area contributed by atoms with Crippen LogP contribution in [0, 0.1) is 17.8 Å². The van der Waals surface area contributed by atoms with Crippen molar-refractivity contribution in [1.29, 1.82) is 0 Å². The fourth-order valence-electron chi connectivity index (χ4n) is 3.63. The van der Waals surface area contributed by atoms with Crippen molar-refractivity contribution in [1.82, 2.24) is 0 Å². The summed E-state index contributed by atoms with van der Waals surface area (Å²) in [6.45, 7) is 4.89. The van der Waals surface area contributed by atoms with Crippen molar-refractivity contribution in [2.75, 3.05) is 11.9 Å². The predicted octanol–water partition coefficient (Wildman–Crippen LogP) is 4.75. The van der Waals surface area contributed by atoms with Gasteiger partial charge in [-0.25, -0.2) is 0 Å². The zero-order valence-corrected chi connectivity index (χ0v) is 12.9. The van der Waals surface area contributed by atoms with Crippen molar-refractivity contribution in [2.24, 2.45) is 17.8 Å². The molecule has 1 saturated carbocycles. The van der Waals surface area contributed by atoms with Crippen molar-refractivity contribution >= 4 is 17.3 Å². The molecule has 0 saturated heterocycles. The summed E-state index contributed by atoms with van der Waals surface area (Å²) in [7, 11) is 0. The Labute approximate surface area is 126 Å². The van der Waals surface area contributed by atoms with Crippen LogP contribution < -0.4 is 10.1 Å². The lowest BCUT2D eigenvalue weighted by molar-refractivity contribution is 0.340. The molecule has 4 unspecified atom stereocenters. The number of hydrogen-bond acceptors (Lipinski definition) is 2. The van der Waals surface area contributed by atoms with Gasteiger partial charge in [0.05, 0.1) is 11.6 Å². The van der Waals surface area contributed by atoms with Gasteiger partial charge >= 0.3 is 0 Å². The normalized spacial score (nSPS) is 28.6. The van der Waals surface area contributed by atoms with Gasteiger partial charge in [-0.1, -0.05) is 23.8 Å². The van der Waals surface area contributed by atoms with Crippen molar-refractivity contribution < 1.29 is 4.74 Å². The molecule has 0 heterocycles. The highest BCUT2D eigenvalue weighted by Gasteiger charge is 2.38. The van der Waals surface area contributed by atoms with E-state index in [0.717, 1.165) is 29.2 Å².